The van der Waals surface area contributed by atoms with Crippen molar-refractivity contribution in [2.75, 3.05) is 0 Å². The largest absolute Gasteiger partial charge is 0.349 e. The first-order chi connectivity index (χ1) is 12.3. The zero-order chi connectivity index (χ0) is 19.0. The van der Waals surface area contributed by atoms with E-state index in [4.69, 9.17) is 11.6 Å². The van der Waals surface area contributed by atoms with E-state index in [-0.39, 0.29) is 29.8 Å². The summed E-state index contributed by atoms with van der Waals surface area (Å²) in [6, 6.07) is 5.14. The molecule has 3 rings (SSSR count). The maximum absolute atomic E-state index is 13.4. The summed E-state index contributed by atoms with van der Waals surface area (Å²) < 4.78 is 15.2. The number of benzene rings is 1. The summed E-state index contributed by atoms with van der Waals surface area (Å²) in [5, 5.41) is 7.22. The van der Waals surface area contributed by atoms with E-state index in [1.54, 1.807) is 25.2 Å². The Hall–Kier alpha value is -1.74. The zero-order valence-electron chi connectivity index (χ0n) is 14.0. The molecule has 1 aromatic carbocycles. The number of rotatable bonds is 6. The molecule has 0 aliphatic heterocycles. The molecule has 0 unspecified atom stereocenters. The van der Waals surface area contributed by atoms with Crippen LogP contribution in [0.4, 0.5) is 4.39 Å². The lowest BCUT2D eigenvalue weighted by Gasteiger charge is -2.08. The lowest BCUT2D eigenvalue weighted by atomic mass is 10.0. The van der Waals surface area contributed by atoms with Gasteiger partial charge in [0.1, 0.15) is 17.2 Å². The molecule has 1 fully saturated rings. The molecule has 5 nitrogen and oxygen atoms in total. The van der Waals surface area contributed by atoms with Crippen LogP contribution in [0.15, 0.2) is 24.8 Å². The van der Waals surface area contributed by atoms with Crippen LogP contribution in [0.25, 0.3) is 5.83 Å². The van der Waals surface area contributed by atoms with Crippen LogP contribution in [0.5, 0.6) is 0 Å². The highest BCUT2D eigenvalue weighted by Gasteiger charge is 2.25. The molecule has 1 aliphatic rings. The standard InChI is InChI=1S/C18H16ClFIN3O2/c1-9(20)16-15(21)17(24(2)23-16)14(25)8-10-3-6-13(19)12(7-10)18(26)22-11-4-5-11/h3,6-7,11H,1,4-5,8H2,2H3,(H,22,26). The van der Waals surface area contributed by atoms with Crippen LogP contribution < -0.4 is 5.32 Å². The van der Waals surface area contributed by atoms with Gasteiger partial charge in [-0.1, -0.05) is 24.2 Å². The van der Waals surface area contributed by atoms with Gasteiger partial charge < -0.3 is 5.32 Å². The average Bonchev–Trinajstić information content (AvgIpc) is 3.32. The average molecular weight is 488 g/mol. The molecule has 1 heterocycles. The molecule has 1 N–H and O–H groups in total. The van der Waals surface area contributed by atoms with E-state index in [2.05, 4.69) is 17.0 Å². The highest BCUT2D eigenvalue weighted by molar-refractivity contribution is 14.1. The predicted octanol–water partition coefficient (Wildman–Crippen LogP) is 3.94. The number of carbonyl (C=O) groups excluding carboxylic acids is 2. The molecule has 0 bridgehead atoms. The Balaban J connectivity index is 1.84. The van der Waals surface area contributed by atoms with Gasteiger partial charge in [0.15, 0.2) is 5.78 Å². The second-order valence-corrected chi connectivity index (χ2v) is 7.69. The topological polar surface area (TPSA) is 64.0 Å². The monoisotopic (exact) mass is 487 g/mol. The van der Waals surface area contributed by atoms with Gasteiger partial charge in [0.05, 0.1) is 14.2 Å². The van der Waals surface area contributed by atoms with E-state index >= 15 is 0 Å². The summed E-state index contributed by atoms with van der Waals surface area (Å²) in [5.41, 5.74) is 1.37. The van der Waals surface area contributed by atoms with Gasteiger partial charge in [0.2, 0.25) is 0 Å². The number of carbonyl (C=O) groups is 2. The highest BCUT2D eigenvalue weighted by Crippen LogP contribution is 2.26. The van der Waals surface area contributed by atoms with Crippen LogP contribution in [0.1, 0.15) is 44.9 Å². The number of hydrogen-bond acceptors (Lipinski definition) is 3. The van der Waals surface area contributed by atoms with E-state index < -0.39 is 5.83 Å². The van der Waals surface area contributed by atoms with Crippen LogP contribution in [0.2, 0.25) is 5.02 Å². The number of aryl methyl sites for hydroxylation is 1. The number of nitrogens with zero attached hydrogens (tertiary/aromatic N) is 2. The molecular formula is C18H16ClFIN3O2. The van der Waals surface area contributed by atoms with Crippen molar-refractivity contribution < 1.29 is 14.0 Å². The van der Waals surface area contributed by atoms with E-state index in [1.807, 2.05) is 22.6 Å². The van der Waals surface area contributed by atoms with Crippen molar-refractivity contribution in [3.8, 4) is 0 Å². The number of Topliss-reactive ketones (excluding diaryl/α,β-unsaturated/α-hetero) is 1. The van der Waals surface area contributed by atoms with Crippen LogP contribution in [0.3, 0.4) is 0 Å². The number of amides is 1. The second kappa shape index (κ2) is 7.48. The highest BCUT2D eigenvalue weighted by atomic mass is 127. The smallest absolute Gasteiger partial charge is 0.253 e. The lowest BCUT2D eigenvalue weighted by molar-refractivity contribution is 0.0947. The van der Waals surface area contributed by atoms with Crippen molar-refractivity contribution in [2.24, 2.45) is 7.05 Å². The number of halogens is 3. The van der Waals surface area contributed by atoms with Gasteiger partial charge in [-0.25, -0.2) is 4.39 Å². The fourth-order valence-electron chi connectivity index (χ4n) is 2.59. The third kappa shape index (κ3) is 3.98. The third-order valence-corrected chi connectivity index (χ3v) is 5.41. The molecule has 136 valence electrons. The summed E-state index contributed by atoms with van der Waals surface area (Å²) in [6.45, 7) is 3.24. The van der Waals surface area contributed by atoms with Crippen LogP contribution in [-0.4, -0.2) is 27.5 Å². The van der Waals surface area contributed by atoms with Crippen LogP contribution >= 0.6 is 34.2 Å². The first-order valence-corrected chi connectivity index (χ1v) is 9.43. The van der Waals surface area contributed by atoms with Crippen molar-refractivity contribution in [1.82, 2.24) is 15.1 Å². The molecule has 1 saturated carbocycles. The Morgan fingerprint density at radius 3 is 2.73 bits per heavy atom. The molecule has 8 heteroatoms. The van der Waals surface area contributed by atoms with Crippen molar-refractivity contribution in [2.45, 2.75) is 25.3 Å². The number of hydrogen-bond donors (Lipinski definition) is 1. The Kier molecular flexibility index (Phi) is 5.47. The number of nitrogens with one attached hydrogen (secondary N) is 1. The van der Waals surface area contributed by atoms with Crippen molar-refractivity contribution in [1.29, 1.82) is 0 Å². The molecule has 1 amide bonds. The maximum Gasteiger partial charge on any atom is 0.253 e. The minimum absolute atomic E-state index is 0.0502. The van der Waals surface area contributed by atoms with Crippen molar-refractivity contribution in [3.05, 3.63) is 55.9 Å². The summed E-state index contributed by atoms with van der Waals surface area (Å²) in [7, 11) is 1.58. The zero-order valence-corrected chi connectivity index (χ0v) is 16.9. The van der Waals surface area contributed by atoms with Gasteiger partial charge in [-0.2, -0.15) is 5.10 Å². The normalized spacial score (nSPS) is 13.5. The first kappa shape index (κ1) is 19.0. The molecular weight excluding hydrogens is 472 g/mol. The van der Waals surface area contributed by atoms with E-state index in [9.17, 15) is 14.0 Å². The maximum atomic E-state index is 13.4. The minimum atomic E-state index is -0.686. The van der Waals surface area contributed by atoms with Crippen molar-refractivity contribution in [3.63, 3.8) is 0 Å². The SMILES string of the molecule is C=C(F)c1nn(C)c(C(=O)Cc2ccc(Cl)c(C(=O)NC3CC3)c2)c1I. The summed E-state index contributed by atoms with van der Waals surface area (Å²) in [5.74, 6) is -1.15. The van der Waals surface area contributed by atoms with Gasteiger partial charge in [-0.15, -0.1) is 0 Å². The predicted molar refractivity (Wildman–Crippen MR) is 106 cm³/mol. The Morgan fingerprint density at radius 2 is 2.15 bits per heavy atom. The van der Waals surface area contributed by atoms with Crippen molar-refractivity contribution >= 4 is 51.7 Å². The fraction of sp³-hybridized carbons (Fsp3) is 0.278. The molecule has 26 heavy (non-hydrogen) atoms. The van der Waals surface area contributed by atoms with Gasteiger partial charge in [-0.3, -0.25) is 14.3 Å². The lowest BCUT2D eigenvalue weighted by Crippen LogP contribution is -2.25. The van der Waals surface area contributed by atoms with Gasteiger partial charge >= 0.3 is 0 Å². The Bertz CT molecular complexity index is 921. The quantitative estimate of drug-likeness (QED) is 0.496. The molecule has 1 aliphatic carbocycles. The van der Waals surface area contributed by atoms with Crippen LogP contribution in [0, 0.1) is 3.57 Å². The van der Waals surface area contributed by atoms with Crippen LogP contribution in [-0.2, 0) is 13.5 Å². The van der Waals surface area contributed by atoms with E-state index in [1.165, 1.54) is 4.68 Å². The molecule has 0 atom stereocenters. The van der Waals surface area contributed by atoms with Gasteiger partial charge in [-0.05, 0) is 53.1 Å². The number of aromatic nitrogens is 2. The van der Waals surface area contributed by atoms with E-state index in [0.29, 0.717) is 25.4 Å². The molecule has 0 saturated heterocycles. The molecule has 2 aromatic rings. The molecule has 0 spiro atoms. The van der Waals surface area contributed by atoms with E-state index in [0.717, 1.165) is 12.8 Å². The van der Waals surface area contributed by atoms with Gasteiger partial charge in [0.25, 0.3) is 5.91 Å². The van der Waals surface area contributed by atoms with Gasteiger partial charge in [0, 0.05) is 19.5 Å². The Labute approximate surface area is 168 Å². The summed E-state index contributed by atoms with van der Waals surface area (Å²) in [6.07, 6.45) is 2.00. The molecule has 0 radical (unpaired) electrons. The third-order valence-electron chi connectivity index (χ3n) is 4.06. The minimum Gasteiger partial charge on any atom is -0.349 e. The number of ketones is 1. The summed E-state index contributed by atoms with van der Waals surface area (Å²) in [4.78, 5) is 25.0. The molecule has 1 aromatic heterocycles. The first-order valence-electron chi connectivity index (χ1n) is 7.97. The summed E-state index contributed by atoms with van der Waals surface area (Å²) >= 11 is 8.01. The Morgan fingerprint density at radius 1 is 1.46 bits per heavy atom. The second-order valence-electron chi connectivity index (χ2n) is 6.20. The fourth-order valence-corrected chi connectivity index (χ4v) is 3.84.